The quantitative estimate of drug-likeness (QED) is 0.806. The molecule has 1 saturated carbocycles. The van der Waals surface area contributed by atoms with E-state index in [4.69, 9.17) is 9.47 Å². The van der Waals surface area contributed by atoms with Crippen LogP contribution in [0.4, 0.5) is 0 Å². The maximum absolute atomic E-state index is 11.8. The SMILES string of the molecule is COC(=O)c1cc(Br)c(OC)cc1C1(C#N)CC1. The van der Waals surface area contributed by atoms with Gasteiger partial charge in [-0.2, -0.15) is 5.26 Å². The number of ether oxygens (including phenoxy) is 2. The van der Waals surface area contributed by atoms with E-state index in [-0.39, 0.29) is 0 Å². The number of carbonyl (C=O) groups excluding carboxylic acids is 1. The van der Waals surface area contributed by atoms with Crippen molar-refractivity contribution in [1.82, 2.24) is 0 Å². The zero-order chi connectivity index (χ0) is 13.3. The predicted octanol–water partition coefficient (Wildman–Crippen LogP) is 2.80. The first-order valence-corrected chi connectivity index (χ1v) is 6.25. The van der Waals surface area contributed by atoms with Crippen LogP contribution < -0.4 is 4.74 Å². The summed E-state index contributed by atoms with van der Waals surface area (Å²) in [4.78, 5) is 11.8. The summed E-state index contributed by atoms with van der Waals surface area (Å²) in [5.74, 6) is 0.175. The average Bonchev–Trinajstić information content (AvgIpc) is 3.18. The zero-order valence-electron chi connectivity index (χ0n) is 10.1. The Hall–Kier alpha value is -1.54. The van der Waals surface area contributed by atoms with Crippen molar-refractivity contribution in [2.24, 2.45) is 0 Å². The second kappa shape index (κ2) is 4.62. The summed E-state index contributed by atoms with van der Waals surface area (Å²) in [7, 11) is 2.88. The normalized spacial score (nSPS) is 15.7. The first kappa shape index (κ1) is 12.9. The Kier molecular flexibility index (Phi) is 3.31. The Balaban J connectivity index is 2.61. The number of nitriles is 1. The van der Waals surface area contributed by atoms with Crippen LogP contribution in [-0.4, -0.2) is 20.2 Å². The molecule has 4 nitrogen and oxygen atoms in total. The Bertz CT molecular complexity index is 544. The van der Waals surface area contributed by atoms with Gasteiger partial charge in [0.1, 0.15) is 5.75 Å². The van der Waals surface area contributed by atoms with Gasteiger partial charge < -0.3 is 9.47 Å². The molecule has 0 atom stereocenters. The zero-order valence-corrected chi connectivity index (χ0v) is 11.7. The third-order valence-corrected chi connectivity index (χ3v) is 3.80. The fourth-order valence-electron chi connectivity index (χ4n) is 1.95. The number of hydrogen-bond donors (Lipinski definition) is 0. The number of benzene rings is 1. The average molecular weight is 310 g/mol. The van der Waals surface area contributed by atoms with Gasteiger partial charge in [-0.15, -0.1) is 0 Å². The van der Waals surface area contributed by atoms with Gasteiger partial charge in [-0.05, 0) is 46.5 Å². The summed E-state index contributed by atoms with van der Waals surface area (Å²) in [6.45, 7) is 0. The minimum Gasteiger partial charge on any atom is -0.496 e. The highest BCUT2D eigenvalue weighted by Crippen LogP contribution is 2.50. The summed E-state index contributed by atoms with van der Waals surface area (Å²) in [5, 5.41) is 9.27. The van der Waals surface area contributed by atoms with Crippen LogP contribution in [0.25, 0.3) is 0 Å². The number of carbonyl (C=O) groups is 1. The van der Waals surface area contributed by atoms with E-state index in [1.807, 2.05) is 0 Å². The van der Waals surface area contributed by atoms with Crippen molar-refractivity contribution in [3.8, 4) is 11.8 Å². The molecule has 18 heavy (non-hydrogen) atoms. The van der Waals surface area contributed by atoms with Crippen molar-refractivity contribution >= 4 is 21.9 Å². The number of hydrogen-bond acceptors (Lipinski definition) is 4. The van der Waals surface area contributed by atoms with Gasteiger partial charge in [-0.1, -0.05) is 0 Å². The van der Waals surface area contributed by atoms with E-state index >= 15 is 0 Å². The minimum atomic E-state index is -0.558. The van der Waals surface area contributed by atoms with E-state index in [0.717, 1.165) is 12.8 Å². The molecule has 0 bridgehead atoms. The van der Waals surface area contributed by atoms with E-state index in [0.29, 0.717) is 21.3 Å². The molecule has 0 amide bonds. The van der Waals surface area contributed by atoms with Gasteiger partial charge in [0.2, 0.25) is 0 Å². The van der Waals surface area contributed by atoms with Gasteiger partial charge in [-0.25, -0.2) is 4.79 Å². The van der Waals surface area contributed by atoms with E-state index in [1.54, 1.807) is 19.2 Å². The lowest BCUT2D eigenvalue weighted by atomic mass is 9.92. The summed E-state index contributed by atoms with van der Waals surface area (Å²) in [5.41, 5.74) is 0.554. The molecule has 0 heterocycles. The Morgan fingerprint density at radius 1 is 1.44 bits per heavy atom. The van der Waals surface area contributed by atoms with Gasteiger partial charge in [0, 0.05) is 0 Å². The molecule has 2 rings (SSSR count). The molecule has 0 radical (unpaired) electrons. The minimum absolute atomic E-state index is 0.421. The second-order valence-electron chi connectivity index (χ2n) is 4.22. The van der Waals surface area contributed by atoms with Crippen LogP contribution in [0.15, 0.2) is 16.6 Å². The summed E-state index contributed by atoms with van der Waals surface area (Å²) in [6, 6.07) is 5.67. The van der Waals surface area contributed by atoms with Crippen LogP contribution in [0.2, 0.25) is 0 Å². The van der Waals surface area contributed by atoms with E-state index in [9.17, 15) is 10.1 Å². The fourth-order valence-corrected chi connectivity index (χ4v) is 2.46. The number of methoxy groups -OCH3 is 2. The molecule has 0 N–H and O–H groups in total. The molecule has 5 heteroatoms. The van der Waals surface area contributed by atoms with Crippen LogP contribution in [0.3, 0.4) is 0 Å². The lowest BCUT2D eigenvalue weighted by Crippen LogP contribution is -2.13. The molecule has 94 valence electrons. The van der Waals surface area contributed by atoms with Crippen LogP contribution in [0.5, 0.6) is 5.75 Å². The monoisotopic (exact) mass is 309 g/mol. The van der Waals surface area contributed by atoms with Crippen molar-refractivity contribution in [3.05, 3.63) is 27.7 Å². The first-order chi connectivity index (χ1) is 8.57. The maximum atomic E-state index is 11.8. The van der Waals surface area contributed by atoms with Crippen LogP contribution in [0.1, 0.15) is 28.8 Å². The smallest absolute Gasteiger partial charge is 0.338 e. The number of nitrogens with zero attached hydrogens (tertiary/aromatic N) is 1. The summed E-state index contributed by atoms with van der Waals surface area (Å²) in [6.07, 6.45) is 1.52. The van der Waals surface area contributed by atoms with Gasteiger partial charge in [-0.3, -0.25) is 0 Å². The van der Waals surface area contributed by atoms with Gasteiger partial charge >= 0.3 is 5.97 Å². The van der Waals surface area contributed by atoms with Gasteiger partial charge in [0.25, 0.3) is 0 Å². The Morgan fingerprint density at radius 2 is 2.11 bits per heavy atom. The highest BCUT2D eigenvalue weighted by atomic mass is 79.9. The highest BCUT2D eigenvalue weighted by molar-refractivity contribution is 9.10. The second-order valence-corrected chi connectivity index (χ2v) is 5.07. The standard InChI is InChI=1S/C13H12BrNO3/c1-17-11-6-9(13(7-15)3-4-13)8(5-10(11)14)12(16)18-2/h5-6H,3-4H2,1-2H3. The predicted molar refractivity (Wildman–Crippen MR) is 68.6 cm³/mol. The van der Waals surface area contributed by atoms with Crippen LogP contribution in [0, 0.1) is 11.3 Å². The molecule has 0 saturated heterocycles. The number of halogens is 1. The molecular formula is C13H12BrNO3. The topological polar surface area (TPSA) is 59.3 Å². The van der Waals surface area contributed by atoms with E-state index < -0.39 is 11.4 Å². The van der Waals surface area contributed by atoms with Crippen molar-refractivity contribution < 1.29 is 14.3 Å². The maximum Gasteiger partial charge on any atom is 0.338 e. The van der Waals surface area contributed by atoms with Crippen LogP contribution in [-0.2, 0) is 10.2 Å². The first-order valence-electron chi connectivity index (χ1n) is 5.45. The molecular weight excluding hydrogens is 298 g/mol. The molecule has 1 aromatic carbocycles. The Morgan fingerprint density at radius 3 is 2.56 bits per heavy atom. The number of esters is 1. The Labute approximate surface area is 114 Å². The van der Waals surface area contributed by atoms with Crippen molar-refractivity contribution in [2.75, 3.05) is 14.2 Å². The third kappa shape index (κ3) is 1.97. The number of rotatable bonds is 3. The largest absolute Gasteiger partial charge is 0.496 e. The van der Waals surface area contributed by atoms with Crippen LogP contribution >= 0.6 is 15.9 Å². The molecule has 1 aliphatic carbocycles. The molecule has 1 aromatic rings. The van der Waals surface area contributed by atoms with E-state index in [2.05, 4.69) is 22.0 Å². The molecule has 0 aliphatic heterocycles. The lowest BCUT2D eigenvalue weighted by molar-refractivity contribution is 0.0599. The summed E-state index contributed by atoms with van der Waals surface area (Å²) < 4.78 is 10.6. The third-order valence-electron chi connectivity index (χ3n) is 3.18. The van der Waals surface area contributed by atoms with Crippen molar-refractivity contribution in [2.45, 2.75) is 18.3 Å². The lowest BCUT2D eigenvalue weighted by Gasteiger charge is -2.14. The molecule has 1 aliphatic rings. The van der Waals surface area contributed by atoms with Gasteiger partial charge in [0.05, 0.1) is 35.7 Å². The van der Waals surface area contributed by atoms with Crippen molar-refractivity contribution in [3.63, 3.8) is 0 Å². The molecule has 0 spiro atoms. The molecule has 0 aromatic heterocycles. The van der Waals surface area contributed by atoms with Gasteiger partial charge in [0.15, 0.2) is 0 Å². The molecule has 1 fully saturated rings. The summed E-state index contributed by atoms with van der Waals surface area (Å²) >= 11 is 3.33. The fraction of sp³-hybridized carbons (Fsp3) is 0.385. The van der Waals surface area contributed by atoms with Crippen molar-refractivity contribution in [1.29, 1.82) is 5.26 Å². The highest BCUT2D eigenvalue weighted by Gasteiger charge is 2.47. The molecule has 0 unspecified atom stereocenters. The van der Waals surface area contributed by atoms with E-state index in [1.165, 1.54) is 7.11 Å².